The van der Waals surface area contributed by atoms with Gasteiger partial charge in [-0.25, -0.2) is 18.1 Å². The summed E-state index contributed by atoms with van der Waals surface area (Å²) in [5.41, 5.74) is 5.82. The van der Waals surface area contributed by atoms with Gasteiger partial charge in [0.15, 0.2) is 5.03 Å². The number of rotatable bonds is 4. The van der Waals surface area contributed by atoms with Gasteiger partial charge in [-0.3, -0.25) is 0 Å². The van der Waals surface area contributed by atoms with E-state index in [1.165, 1.54) is 25.5 Å². The summed E-state index contributed by atoms with van der Waals surface area (Å²) in [6.07, 6.45) is 7.28. The number of nitrogens with one attached hydrogen (secondary N) is 1. The minimum Gasteiger partial charge on any atom is -0.396 e. The molecule has 0 saturated heterocycles. The maximum atomic E-state index is 12.0. The summed E-state index contributed by atoms with van der Waals surface area (Å²) in [4.78, 5) is 3.84. The fourth-order valence-corrected chi connectivity index (χ4v) is 3.48. The molecule has 3 N–H and O–H groups in total. The predicted octanol–water partition coefficient (Wildman–Crippen LogP) is 1.52. The number of nitrogen functional groups attached to an aromatic ring is 1. The Labute approximate surface area is 108 Å². The van der Waals surface area contributed by atoms with Crippen LogP contribution in [0.1, 0.15) is 32.1 Å². The molecular weight excluding hydrogens is 250 g/mol. The number of aromatic nitrogens is 1. The zero-order chi connectivity index (χ0) is 13.0. The van der Waals surface area contributed by atoms with Crippen molar-refractivity contribution < 1.29 is 8.42 Å². The molecule has 0 unspecified atom stereocenters. The quantitative estimate of drug-likeness (QED) is 0.868. The maximum absolute atomic E-state index is 12.0. The van der Waals surface area contributed by atoms with Gasteiger partial charge in [0.05, 0.1) is 5.69 Å². The first-order valence-electron chi connectivity index (χ1n) is 6.30. The van der Waals surface area contributed by atoms with E-state index in [2.05, 4.69) is 9.71 Å². The van der Waals surface area contributed by atoms with E-state index in [0.29, 0.717) is 12.5 Å². The van der Waals surface area contributed by atoms with Crippen LogP contribution in [0.5, 0.6) is 0 Å². The standard InChI is InChI=1S/C12H19N3O2S/c13-11-7-4-8-14-12(11)18(16,17)15-9-10-5-2-1-3-6-10/h4,7-8,10,15H,1-3,5-6,9,13H2. The van der Waals surface area contributed by atoms with Gasteiger partial charge < -0.3 is 5.73 Å². The predicted molar refractivity (Wildman–Crippen MR) is 70.4 cm³/mol. The van der Waals surface area contributed by atoms with Gasteiger partial charge in [0.25, 0.3) is 10.0 Å². The van der Waals surface area contributed by atoms with Crippen LogP contribution in [0.15, 0.2) is 23.4 Å². The molecule has 0 bridgehead atoms. The Morgan fingerprint density at radius 2 is 2.06 bits per heavy atom. The summed E-state index contributed by atoms with van der Waals surface area (Å²) in [6.45, 7) is 0.484. The van der Waals surface area contributed by atoms with Crippen molar-refractivity contribution in [3.8, 4) is 0 Å². The van der Waals surface area contributed by atoms with Crippen molar-refractivity contribution in [2.45, 2.75) is 37.1 Å². The average Bonchev–Trinajstić information content (AvgIpc) is 2.38. The molecule has 0 atom stereocenters. The zero-order valence-corrected chi connectivity index (χ0v) is 11.1. The van der Waals surface area contributed by atoms with Gasteiger partial charge in [-0.15, -0.1) is 0 Å². The van der Waals surface area contributed by atoms with Crippen LogP contribution in [-0.2, 0) is 10.0 Å². The number of nitrogens with zero attached hydrogens (tertiary/aromatic N) is 1. The Bertz CT molecular complexity index is 496. The van der Waals surface area contributed by atoms with Crippen LogP contribution < -0.4 is 10.5 Å². The molecule has 1 aliphatic rings. The summed E-state index contributed by atoms with van der Waals surface area (Å²) < 4.78 is 26.7. The fourth-order valence-electron chi connectivity index (χ4n) is 2.31. The van der Waals surface area contributed by atoms with Crippen molar-refractivity contribution in [3.63, 3.8) is 0 Å². The summed E-state index contributed by atoms with van der Waals surface area (Å²) in [5, 5.41) is -0.0687. The lowest BCUT2D eigenvalue weighted by Gasteiger charge is -2.21. The lowest BCUT2D eigenvalue weighted by Crippen LogP contribution is -2.31. The smallest absolute Gasteiger partial charge is 0.260 e. The molecular formula is C12H19N3O2S. The number of hydrogen-bond acceptors (Lipinski definition) is 4. The molecule has 1 heterocycles. The number of anilines is 1. The highest BCUT2D eigenvalue weighted by Gasteiger charge is 2.21. The van der Waals surface area contributed by atoms with Crippen LogP contribution in [0.3, 0.4) is 0 Å². The first kappa shape index (κ1) is 13.3. The number of sulfonamides is 1. The average molecular weight is 269 g/mol. The molecule has 100 valence electrons. The largest absolute Gasteiger partial charge is 0.396 e. The van der Waals surface area contributed by atoms with E-state index in [1.807, 2.05) is 0 Å². The van der Waals surface area contributed by atoms with E-state index in [-0.39, 0.29) is 10.7 Å². The van der Waals surface area contributed by atoms with Crippen molar-refractivity contribution in [2.75, 3.05) is 12.3 Å². The van der Waals surface area contributed by atoms with Crippen LogP contribution in [0.4, 0.5) is 5.69 Å². The lowest BCUT2D eigenvalue weighted by molar-refractivity contribution is 0.357. The van der Waals surface area contributed by atoms with Gasteiger partial charge in [-0.05, 0) is 30.9 Å². The Hall–Kier alpha value is -1.14. The van der Waals surface area contributed by atoms with E-state index in [0.717, 1.165) is 12.8 Å². The third-order valence-electron chi connectivity index (χ3n) is 3.34. The SMILES string of the molecule is Nc1cccnc1S(=O)(=O)NCC1CCCCC1. The molecule has 1 aliphatic carbocycles. The minimum absolute atomic E-state index is 0.0687. The van der Waals surface area contributed by atoms with Crippen molar-refractivity contribution in [1.82, 2.24) is 9.71 Å². The minimum atomic E-state index is -3.58. The Morgan fingerprint density at radius 3 is 2.72 bits per heavy atom. The van der Waals surface area contributed by atoms with Gasteiger partial charge in [0, 0.05) is 12.7 Å². The first-order chi connectivity index (χ1) is 8.59. The summed E-state index contributed by atoms with van der Waals surface area (Å²) >= 11 is 0. The molecule has 0 aliphatic heterocycles. The first-order valence-corrected chi connectivity index (χ1v) is 7.78. The van der Waals surface area contributed by atoms with Crippen molar-refractivity contribution in [2.24, 2.45) is 5.92 Å². The normalized spacial score (nSPS) is 17.8. The highest BCUT2D eigenvalue weighted by molar-refractivity contribution is 7.89. The van der Waals surface area contributed by atoms with Gasteiger partial charge in [0.1, 0.15) is 0 Å². The monoisotopic (exact) mass is 269 g/mol. The second-order valence-electron chi connectivity index (χ2n) is 4.75. The summed E-state index contributed by atoms with van der Waals surface area (Å²) in [6, 6.07) is 3.16. The number of pyridine rings is 1. The van der Waals surface area contributed by atoms with Crippen LogP contribution in [0.2, 0.25) is 0 Å². The summed E-state index contributed by atoms with van der Waals surface area (Å²) in [7, 11) is -3.58. The maximum Gasteiger partial charge on any atom is 0.260 e. The Morgan fingerprint density at radius 1 is 1.33 bits per heavy atom. The second-order valence-corrected chi connectivity index (χ2v) is 6.44. The molecule has 1 aromatic heterocycles. The summed E-state index contributed by atoms with van der Waals surface area (Å²) in [5.74, 6) is 0.443. The number of nitrogens with two attached hydrogens (primary N) is 1. The van der Waals surface area contributed by atoms with E-state index < -0.39 is 10.0 Å². The van der Waals surface area contributed by atoms with Crippen LogP contribution in [0.25, 0.3) is 0 Å². The molecule has 0 radical (unpaired) electrons. The highest BCUT2D eigenvalue weighted by Crippen LogP contribution is 2.23. The lowest BCUT2D eigenvalue weighted by atomic mass is 9.90. The molecule has 1 fully saturated rings. The van der Waals surface area contributed by atoms with E-state index in [4.69, 9.17) is 5.73 Å². The highest BCUT2D eigenvalue weighted by atomic mass is 32.2. The third-order valence-corrected chi connectivity index (χ3v) is 4.74. The van der Waals surface area contributed by atoms with E-state index in [1.54, 1.807) is 12.1 Å². The van der Waals surface area contributed by atoms with Crippen molar-refractivity contribution in [3.05, 3.63) is 18.3 Å². The van der Waals surface area contributed by atoms with E-state index >= 15 is 0 Å². The molecule has 1 saturated carbocycles. The second kappa shape index (κ2) is 5.67. The molecule has 5 nitrogen and oxygen atoms in total. The van der Waals surface area contributed by atoms with Gasteiger partial charge in [0.2, 0.25) is 0 Å². The molecule has 6 heteroatoms. The molecule has 0 aromatic carbocycles. The topological polar surface area (TPSA) is 85.1 Å². The van der Waals surface area contributed by atoms with Crippen LogP contribution in [0, 0.1) is 5.92 Å². The van der Waals surface area contributed by atoms with Crippen LogP contribution in [-0.4, -0.2) is 19.9 Å². The Balaban J connectivity index is 2.01. The van der Waals surface area contributed by atoms with Gasteiger partial charge in [-0.1, -0.05) is 19.3 Å². The molecule has 18 heavy (non-hydrogen) atoms. The molecule has 0 amide bonds. The molecule has 0 spiro atoms. The van der Waals surface area contributed by atoms with Crippen molar-refractivity contribution >= 4 is 15.7 Å². The zero-order valence-electron chi connectivity index (χ0n) is 10.3. The van der Waals surface area contributed by atoms with Gasteiger partial charge in [-0.2, -0.15) is 0 Å². The van der Waals surface area contributed by atoms with Gasteiger partial charge >= 0.3 is 0 Å². The number of hydrogen-bond donors (Lipinski definition) is 2. The fraction of sp³-hybridized carbons (Fsp3) is 0.583. The van der Waals surface area contributed by atoms with Crippen LogP contribution >= 0.6 is 0 Å². The molecule has 2 rings (SSSR count). The molecule has 1 aromatic rings. The van der Waals surface area contributed by atoms with Crippen molar-refractivity contribution in [1.29, 1.82) is 0 Å². The Kier molecular flexibility index (Phi) is 4.19. The third kappa shape index (κ3) is 3.20. The van der Waals surface area contributed by atoms with E-state index in [9.17, 15) is 8.42 Å².